The normalized spacial score (nSPS) is 12.5. The zero-order valence-electron chi connectivity index (χ0n) is 21.0. The van der Waals surface area contributed by atoms with Gasteiger partial charge in [0.2, 0.25) is 0 Å². The Morgan fingerprint density at radius 1 is 0.487 bits per heavy atom. The molecule has 9 rings (SSSR count). The first-order valence-corrected chi connectivity index (χ1v) is 14.1. The van der Waals surface area contributed by atoms with E-state index < -0.39 is 0 Å². The van der Waals surface area contributed by atoms with Gasteiger partial charge in [0, 0.05) is 31.6 Å². The van der Waals surface area contributed by atoms with Crippen LogP contribution in [0, 0.1) is 0 Å². The number of hydrogen-bond acceptors (Lipinski definition) is 1. The van der Waals surface area contributed by atoms with Crippen molar-refractivity contribution in [1.29, 1.82) is 0 Å². The standard InChI is InChI=1S/C36H22N2S/c1-2-10-24-21-26(20-19-23(24)9-1)25-11-7-12-27(22-25)37-30-15-4-3-13-28(30)34-29-14-8-18-33-35(29)38(36(34)37)31-16-5-6-17-32(31)39-33/h1-22H. The molecule has 0 atom stereocenters. The third kappa shape index (κ3) is 2.94. The van der Waals surface area contributed by atoms with Gasteiger partial charge >= 0.3 is 0 Å². The number of rotatable bonds is 2. The Labute approximate surface area is 229 Å². The first kappa shape index (κ1) is 21.2. The molecule has 1 aliphatic heterocycles. The van der Waals surface area contributed by atoms with Gasteiger partial charge in [-0.25, -0.2) is 0 Å². The molecular formula is C36H22N2S. The van der Waals surface area contributed by atoms with E-state index in [4.69, 9.17) is 0 Å². The van der Waals surface area contributed by atoms with Gasteiger partial charge in [-0.3, -0.25) is 9.13 Å². The van der Waals surface area contributed by atoms with Crippen LogP contribution in [-0.4, -0.2) is 9.13 Å². The van der Waals surface area contributed by atoms with Gasteiger partial charge in [-0.2, -0.15) is 0 Å². The second-order valence-electron chi connectivity index (χ2n) is 10.2. The molecule has 0 radical (unpaired) electrons. The molecule has 1 aliphatic rings. The van der Waals surface area contributed by atoms with Crippen LogP contribution in [-0.2, 0) is 0 Å². The summed E-state index contributed by atoms with van der Waals surface area (Å²) in [5, 5.41) is 6.44. The van der Waals surface area contributed by atoms with E-state index in [9.17, 15) is 0 Å². The molecule has 0 unspecified atom stereocenters. The fourth-order valence-electron chi connectivity index (χ4n) is 6.38. The lowest BCUT2D eigenvalue weighted by atomic mass is 10.0. The van der Waals surface area contributed by atoms with Gasteiger partial charge in [0.1, 0.15) is 5.65 Å². The van der Waals surface area contributed by atoms with Crippen LogP contribution in [0.1, 0.15) is 0 Å². The fourth-order valence-corrected chi connectivity index (χ4v) is 7.47. The maximum Gasteiger partial charge on any atom is 0.131 e. The smallest absolute Gasteiger partial charge is 0.131 e. The largest absolute Gasteiger partial charge is 0.295 e. The molecular weight excluding hydrogens is 492 g/mol. The Bertz CT molecular complexity index is 2270. The minimum atomic E-state index is 1.17. The minimum absolute atomic E-state index is 1.17. The van der Waals surface area contributed by atoms with Crippen LogP contribution in [0.15, 0.2) is 143 Å². The van der Waals surface area contributed by atoms with Crippen molar-refractivity contribution in [3.63, 3.8) is 0 Å². The molecule has 0 fully saturated rings. The number of para-hydroxylation sites is 3. The lowest BCUT2D eigenvalue weighted by Gasteiger charge is -2.21. The summed E-state index contributed by atoms with van der Waals surface area (Å²) in [6.45, 7) is 0. The lowest BCUT2D eigenvalue weighted by molar-refractivity contribution is 1.03. The Morgan fingerprint density at radius 2 is 1.23 bits per heavy atom. The lowest BCUT2D eigenvalue weighted by Crippen LogP contribution is -2.05. The molecule has 182 valence electrons. The van der Waals surface area contributed by atoms with Crippen molar-refractivity contribution in [1.82, 2.24) is 9.13 Å². The average molecular weight is 515 g/mol. The Kier molecular flexibility index (Phi) is 4.29. The van der Waals surface area contributed by atoms with E-state index in [-0.39, 0.29) is 0 Å². The van der Waals surface area contributed by atoms with Crippen molar-refractivity contribution in [3.05, 3.63) is 133 Å². The van der Waals surface area contributed by atoms with Gasteiger partial charge in [0.15, 0.2) is 0 Å². The Balaban J connectivity index is 1.39. The monoisotopic (exact) mass is 514 g/mol. The van der Waals surface area contributed by atoms with Gasteiger partial charge in [0.25, 0.3) is 0 Å². The summed E-state index contributed by atoms with van der Waals surface area (Å²) in [4.78, 5) is 2.60. The van der Waals surface area contributed by atoms with E-state index in [1.807, 2.05) is 11.8 Å². The first-order valence-electron chi connectivity index (χ1n) is 13.3. The maximum absolute atomic E-state index is 2.49. The number of benzene rings is 6. The second kappa shape index (κ2) is 7.89. The summed E-state index contributed by atoms with van der Waals surface area (Å²) in [7, 11) is 0. The first-order chi connectivity index (χ1) is 19.3. The highest BCUT2D eigenvalue weighted by Gasteiger charge is 2.27. The molecule has 0 N–H and O–H groups in total. The van der Waals surface area contributed by atoms with E-state index in [2.05, 4.69) is 143 Å². The molecule has 0 spiro atoms. The topological polar surface area (TPSA) is 9.86 Å². The quantitative estimate of drug-likeness (QED) is 0.223. The SMILES string of the molecule is c1cc(-c2ccc3ccccc3c2)cc(-n2c3ccccc3c3c4cccc5c4n(c32)-c2ccccc2S5)c1. The van der Waals surface area contributed by atoms with Crippen LogP contribution >= 0.6 is 11.8 Å². The Hall–Kier alpha value is -4.73. The molecule has 3 heteroatoms. The number of hydrogen-bond donors (Lipinski definition) is 0. The van der Waals surface area contributed by atoms with Crippen molar-refractivity contribution < 1.29 is 0 Å². The van der Waals surface area contributed by atoms with Crippen molar-refractivity contribution in [2.24, 2.45) is 0 Å². The van der Waals surface area contributed by atoms with Crippen molar-refractivity contribution in [2.45, 2.75) is 9.79 Å². The molecule has 0 amide bonds. The molecule has 2 nitrogen and oxygen atoms in total. The molecule has 0 saturated carbocycles. The van der Waals surface area contributed by atoms with Crippen molar-refractivity contribution >= 4 is 55.4 Å². The average Bonchev–Trinajstić information content (AvgIpc) is 3.51. The number of fused-ring (bicyclic) bond motifs is 8. The highest BCUT2D eigenvalue weighted by Crippen LogP contribution is 2.49. The van der Waals surface area contributed by atoms with Gasteiger partial charge in [-0.1, -0.05) is 103 Å². The Morgan fingerprint density at radius 3 is 2.21 bits per heavy atom. The van der Waals surface area contributed by atoms with Crippen LogP contribution in [0.25, 0.3) is 66.1 Å². The van der Waals surface area contributed by atoms with E-state index in [1.165, 1.54) is 75.9 Å². The van der Waals surface area contributed by atoms with Gasteiger partial charge in [-0.15, -0.1) is 0 Å². The van der Waals surface area contributed by atoms with Crippen LogP contribution in [0.4, 0.5) is 0 Å². The summed E-state index contributed by atoms with van der Waals surface area (Å²) in [6, 6.07) is 48.7. The van der Waals surface area contributed by atoms with Crippen LogP contribution < -0.4 is 0 Å². The summed E-state index contributed by atoms with van der Waals surface area (Å²) in [6.07, 6.45) is 0. The molecule has 6 aromatic carbocycles. The van der Waals surface area contributed by atoms with E-state index in [0.717, 1.165) is 0 Å². The molecule has 39 heavy (non-hydrogen) atoms. The third-order valence-corrected chi connectivity index (χ3v) is 9.18. The van der Waals surface area contributed by atoms with Crippen molar-refractivity contribution in [2.75, 3.05) is 0 Å². The highest BCUT2D eigenvalue weighted by molar-refractivity contribution is 7.99. The van der Waals surface area contributed by atoms with Gasteiger partial charge in [0.05, 0.1) is 16.7 Å². The molecule has 3 heterocycles. The van der Waals surface area contributed by atoms with Crippen LogP contribution in [0.2, 0.25) is 0 Å². The summed E-state index contributed by atoms with van der Waals surface area (Å²) < 4.78 is 4.96. The zero-order chi connectivity index (χ0) is 25.5. The zero-order valence-corrected chi connectivity index (χ0v) is 21.8. The highest BCUT2D eigenvalue weighted by atomic mass is 32.2. The molecule has 8 aromatic rings. The van der Waals surface area contributed by atoms with Crippen molar-refractivity contribution in [3.8, 4) is 22.5 Å². The molecule has 0 aliphatic carbocycles. The summed E-state index contributed by atoms with van der Waals surface area (Å²) in [5.41, 5.74) is 8.62. The molecule has 2 aromatic heterocycles. The molecule has 0 bridgehead atoms. The molecule has 0 saturated heterocycles. The predicted octanol–water partition coefficient (Wildman–Crippen LogP) is 10.0. The third-order valence-electron chi connectivity index (χ3n) is 8.07. The van der Waals surface area contributed by atoms with E-state index >= 15 is 0 Å². The minimum Gasteiger partial charge on any atom is -0.295 e. The van der Waals surface area contributed by atoms with Gasteiger partial charge < -0.3 is 0 Å². The second-order valence-corrected chi connectivity index (χ2v) is 11.3. The van der Waals surface area contributed by atoms with Gasteiger partial charge in [-0.05, 0) is 64.4 Å². The van der Waals surface area contributed by atoms with Crippen LogP contribution in [0.5, 0.6) is 0 Å². The summed E-state index contributed by atoms with van der Waals surface area (Å²) in [5.74, 6) is 0. The van der Waals surface area contributed by atoms with Crippen LogP contribution in [0.3, 0.4) is 0 Å². The summed E-state index contributed by atoms with van der Waals surface area (Å²) >= 11 is 1.87. The van der Waals surface area contributed by atoms with E-state index in [0.29, 0.717) is 0 Å². The predicted molar refractivity (Wildman–Crippen MR) is 165 cm³/mol. The van der Waals surface area contributed by atoms with E-state index in [1.54, 1.807) is 0 Å². The number of aromatic nitrogens is 2. The fraction of sp³-hybridized carbons (Fsp3) is 0. The maximum atomic E-state index is 2.49. The number of nitrogens with zero attached hydrogens (tertiary/aromatic N) is 2.